The quantitative estimate of drug-likeness (QED) is 0.704. The van der Waals surface area contributed by atoms with E-state index in [9.17, 15) is 19.2 Å². The van der Waals surface area contributed by atoms with E-state index in [-0.39, 0.29) is 30.3 Å². The summed E-state index contributed by atoms with van der Waals surface area (Å²) >= 11 is 0. The molecule has 2 aromatic rings. The molecule has 0 fully saturated rings. The first-order valence-electron chi connectivity index (χ1n) is 7.67. The summed E-state index contributed by atoms with van der Waals surface area (Å²) in [6.07, 6.45) is -0.130. The van der Waals surface area contributed by atoms with E-state index in [1.54, 1.807) is 45.3 Å². The lowest BCUT2D eigenvalue weighted by atomic mass is 10.1. The topological polar surface area (TPSA) is 115 Å². The number of nitrogens with zero attached hydrogens (tertiary/aromatic N) is 1. The van der Waals surface area contributed by atoms with Crippen LogP contribution in [-0.2, 0) is 17.8 Å². The fraction of sp³-hybridized carbons (Fsp3) is 0.294. The zero-order valence-corrected chi connectivity index (χ0v) is 14.3. The van der Waals surface area contributed by atoms with E-state index in [0.717, 1.165) is 5.56 Å². The Morgan fingerprint density at radius 3 is 2.28 bits per heavy atom. The first-order valence-corrected chi connectivity index (χ1v) is 7.67. The van der Waals surface area contributed by atoms with E-state index in [1.807, 2.05) is 0 Å². The van der Waals surface area contributed by atoms with Crippen LogP contribution in [0.25, 0.3) is 0 Å². The number of amides is 2. The highest BCUT2D eigenvalue weighted by Crippen LogP contribution is 2.06. The number of hydrogen-bond acceptors (Lipinski definition) is 4. The minimum atomic E-state index is -0.598. The van der Waals surface area contributed by atoms with Gasteiger partial charge in [-0.2, -0.15) is 0 Å². The molecule has 25 heavy (non-hydrogen) atoms. The molecule has 0 aliphatic heterocycles. The second-order valence-electron chi connectivity index (χ2n) is 5.86. The van der Waals surface area contributed by atoms with Crippen molar-refractivity contribution in [1.82, 2.24) is 20.2 Å². The molecule has 8 heteroatoms. The SMILES string of the molecule is Cc1[nH]c(=O)[nH]c(=O)c1CC(=O)NCc1ccc(C(=O)N(C)C)cc1. The van der Waals surface area contributed by atoms with Crippen LogP contribution in [0.5, 0.6) is 0 Å². The summed E-state index contributed by atoms with van der Waals surface area (Å²) in [4.78, 5) is 52.8. The molecule has 1 aromatic heterocycles. The summed E-state index contributed by atoms with van der Waals surface area (Å²) in [6.45, 7) is 1.84. The maximum absolute atomic E-state index is 12.0. The Morgan fingerprint density at radius 2 is 1.72 bits per heavy atom. The van der Waals surface area contributed by atoms with Gasteiger partial charge in [0.15, 0.2) is 0 Å². The minimum absolute atomic E-state index is 0.0941. The van der Waals surface area contributed by atoms with E-state index in [2.05, 4.69) is 15.3 Å². The van der Waals surface area contributed by atoms with Gasteiger partial charge in [-0.3, -0.25) is 19.4 Å². The number of aromatic nitrogens is 2. The number of rotatable bonds is 5. The average Bonchev–Trinajstić information content (AvgIpc) is 2.56. The molecule has 0 aliphatic rings. The van der Waals surface area contributed by atoms with Crippen LogP contribution in [0.4, 0.5) is 0 Å². The maximum atomic E-state index is 12.0. The van der Waals surface area contributed by atoms with Crippen LogP contribution in [0.15, 0.2) is 33.9 Å². The molecule has 1 aromatic carbocycles. The molecule has 1 heterocycles. The molecule has 0 aliphatic carbocycles. The Bertz CT molecular complexity index is 894. The molecule has 0 radical (unpaired) electrons. The number of benzene rings is 1. The van der Waals surface area contributed by atoms with Gasteiger partial charge in [0.2, 0.25) is 5.91 Å². The zero-order valence-electron chi connectivity index (χ0n) is 14.3. The Morgan fingerprint density at radius 1 is 1.08 bits per heavy atom. The predicted octanol–water partition coefficient (Wildman–Crippen LogP) is -0.0677. The van der Waals surface area contributed by atoms with Crippen LogP contribution in [-0.4, -0.2) is 40.8 Å². The predicted molar refractivity (Wildman–Crippen MR) is 92.4 cm³/mol. The second kappa shape index (κ2) is 7.61. The molecule has 0 bridgehead atoms. The first-order chi connectivity index (χ1) is 11.8. The highest BCUT2D eigenvalue weighted by atomic mass is 16.2. The molecule has 8 nitrogen and oxygen atoms in total. The summed E-state index contributed by atoms with van der Waals surface area (Å²) in [5.74, 6) is -0.433. The van der Waals surface area contributed by atoms with E-state index < -0.39 is 11.2 Å². The van der Waals surface area contributed by atoms with E-state index in [4.69, 9.17) is 0 Å². The van der Waals surface area contributed by atoms with Crippen LogP contribution >= 0.6 is 0 Å². The first kappa shape index (κ1) is 18.2. The van der Waals surface area contributed by atoms with Gasteiger partial charge in [0.05, 0.1) is 6.42 Å². The third kappa shape index (κ3) is 4.66. The summed E-state index contributed by atoms with van der Waals surface area (Å²) in [6, 6.07) is 6.91. The average molecular weight is 344 g/mol. The Labute approximate surface area is 143 Å². The van der Waals surface area contributed by atoms with Gasteiger partial charge in [-0.05, 0) is 24.6 Å². The summed E-state index contributed by atoms with van der Waals surface area (Å²) < 4.78 is 0. The molecule has 0 saturated carbocycles. The van der Waals surface area contributed by atoms with Gasteiger partial charge >= 0.3 is 5.69 Å². The van der Waals surface area contributed by atoms with Crippen LogP contribution in [0.2, 0.25) is 0 Å². The van der Waals surface area contributed by atoms with Crippen LogP contribution in [0, 0.1) is 6.92 Å². The van der Waals surface area contributed by atoms with Gasteiger partial charge in [-0.25, -0.2) is 4.79 Å². The van der Waals surface area contributed by atoms with E-state index in [0.29, 0.717) is 11.3 Å². The van der Waals surface area contributed by atoms with Crippen molar-refractivity contribution in [2.75, 3.05) is 14.1 Å². The summed E-state index contributed by atoms with van der Waals surface area (Å²) in [5, 5.41) is 2.71. The van der Waals surface area contributed by atoms with Gasteiger partial charge in [-0.1, -0.05) is 12.1 Å². The summed E-state index contributed by atoms with van der Waals surface area (Å²) in [7, 11) is 3.36. The van der Waals surface area contributed by atoms with Gasteiger partial charge in [0, 0.05) is 37.5 Å². The number of carbonyl (C=O) groups is 2. The number of carbonyl (C=O) groups excluding carboxylic acids is 2. The minimum Gasteiger partial charge on any atom is -0.352 e. The Kier molecular flexibility index (Phi) is 5.53. The lowest BCUT2D eigenvalue weighted by Crippen LogP contribution is -2.32. The van der Waals surface area contributed by atoms with Crippen LogP contribution in [0.3, 0.4) is 0 Å². The molecule has 2 amide bonds. The van der Waals surface area contributed by atoms with Crippen molar-refractivity contribution in [2.45, 2.75) is 19.9 Å². The van der Waals surface area contributed by atoms with Gasteiger partial charge in [0.25, 0.3) is 11.5 Å². The van der Waals surface area contributed by atoms with Gasteiger partial charge in [-0.15, -0.1) is 0 Å². The molecule has 0 atom stereocenters. The largest absolute Gasteiger partial charge is 0.352 e. The number of hydrogen-bond donors (Lipinski definition) is 3. The Balaban J connectivity index is 1.98. The van der Waals surface area contributed by atoms with Crippen molar-refractivity contribution in [3.05, 3.63) is 67.5 Å². The third-order valence-corrected chi connectivity index (χ3v) is 3.69. The number of aryl methyl sites for hydroxylation is 1. The molecule has 2 rings (SSSR count). The molecule has 0 saturated heterocycles. The molecular formula is C17H20N4O4. The van der Waals surface area contributed by atoms with Gasteiger partial charge in [0.1, 0.15) is 0 Å². The molecule has 0 spiro atoms. The lowest BCUT2D eigenvalue weighted by molar-refractivity contribution is -0.120. The van der Waals surface area contributed by atoms with Crippen molar-refractivity contribution < 1.29 is 9.59 Å². The number of nitrogens with one attached hydrogen (secondary N) is 3. The van der Waals surface area contributed by atoms with E-state index >= 15 is 0 Å². The third-order valence-electron chi connectivity index (χ3n) is 3.69. The smallest absolute Gasteiger partial charge is 0.325 e. The normalized spacial score (nSPS) is 10.4. The van der Waals surface area contributed by atoms with Crippen molar-refractivity contribution in [1.29, 1.82) is 0 Å². The maximum Gasteiger partial charge on any atom is 0.325 e. The Hall–Kier alpha value is -3.16. The highest BCUT2D eigenvalue weighted by Gasteiger charge is 2.11. The monoisotopic (exact) mass is 344 g/mol. The molecular weight excluding hydrogens is 324 g/mol. The highest BCUT2D eigenvalue weighted by molar-refractivity contribution is 5.93. The van der Waals surface area contributed by atoms with Crippen molar-refractivity contribution in [3.63, 3.8) is 0 Å². The molecule has 0 unspecified atom stereocenters. The lowest BCUT2D eigenvalue weighted by Gasteiger charge is -2.11. The van der Waals surface area contributed by atoms with E-state index in [1.165, 1.54) is 4.90 Å². The zero-order chi connectivity index (χ0) is 18.6. The van der Waals surface area contributed by atoms with Crippen molar-refractivity contribution in [3.8, 4) is 0 Å². The van der Waals surface area contributed by atoms with Crippen LogP contribution < -0.4 is 16.6 Å². The van der Waals surface area contributed by atoms with Crippen molar-refractivity contribution in [2.24, 2.45) is 0 Å². The van der Waals surface area contributed by atoms with Crippen LogP contribution in [0.1, 0.15) is 27.2 Å². The molecule has 132 valence electrons. The fourth-order valence-electron chi connectivity index (χ4n) is 2.29. The molecule has 3 N–H and O–H groups in total. The second-order valence-corrected chi connectivity index (χ2v) is 5.86. The van der Waals surface area contributed by atoms with Crippen molar-refractivity contribution >= 4 is 11.8 Å². The van der Waals surface area contributed by atoms with Gasteiger partial charge < -0.3 is 15.2 Å². The fourth-order valence-corrected chi connectivity index (χ4v) is 2.29. The standard InChI is InChI=1S/C17H20N4O4/c1-10-13(15(23)20-17(25)19-10)8-14(22)18-9-11-4-6-12(7-5-11)16(24)21(2)3/h4-7H,8-9H2,1-3H3,(H,18,22)(H2,19,20,23,25). The number of H-pyrrole nitrogens is 2. The number of aromatic amines is 2. The summed E-state index contributed by atoms with van der Waals surface area (Å²) in [5.41, 5.74) is 0.827.